The van der Waals surface area contributed by atoms with Gasteiger partial charge >= 0.3 is 28.0 Å². The zero-order valence-corrected chi connectivity index (χ0v) is 5.33. The molecule has 0 rings (SSSR count). The molecule has 0 aliphatic heterocycles. The van der Waals surface area contributed by atoms with Crippen molar-refractivity contribution in [1.29, 1.82) is 0 Å². The van der Waals surface area contributed by atoms with Crippen molar-refractivity contribution in [1.82, 2.24) is 0 Å². The molecule has 37 valence electrons. The average molecular weight is 231 g/mol. The van der Waals surface area contributed by atoms with Crippen LogP contribution in [-0.4, -0.2) is 15.7 Å². The van der Waals surface area contributed by atoms with Gasteiger partial charge in [-0.15, -0.1) is 0 Å². The Balaban J connectivity index is 0. The summed E-state index contributed by atoms with van der Waals surface area (Å²) in [7, 11) is 0. The average Bonchev–Trinajstić information content (AvgIpc) is 0.811. The summed E-state index contributed by atoms with van der Waals surface area (Å²) >= 11 is -3.94. The molecule has 0 spiro atoms. The Hall–Kier alpha value is 1.18. The van der Waals surface area contributed by atoms with E-state index in [1.165, 1.54) is 0 Å². The molecule has 0 N–H and O–H groups in total. The predicted octanol–water partition coefficient (Wildman–Crippen LogP) is -3.95. The topological polar surface area (TPSA) is 69.2 Å². The summed E-state index contributed by atoms with van der Waals surface area (Å²) < 4.78 is 25.7. The van der Waals surface area contributed by atoms with Crippen molar-refractivity contribution in [2.24, 2.45) is 0 Å². The van der Waals surface area contributed by atoms with Crippen LogP contribution in [0.1, 0.15) is 0 Å². The van der Waals surface area contributed by atoms with Gasteiger partial charge in [-0.25, -0.2) is 0 Å². The first-order valence-electron chi connectivity index (χ1n) is 0.548. The molecular formula is AgAsO3-3. The molecule has 3 nitrogen and oxygen atoms in total. The summed E-state index contributed by atoms with van der Waals surface area (Å²) in [6, 6.07) is 0. The van der Waals surface area contributed by atoms with Gasteiger partial charge in [-0.2, -0.15) is 0 Å². The fourth-order valence-electron chi connectivity index (χ4n) is 0. The summed E-state index contributed by atoms with van der Waals surface area (Å²) in [5.74, 6) is 0. The Morgan fingerprint density at radius 1 is 1.00 bits per heavy atom. The van der Waals surface area contributed by atoms with Crippen LogP contribution in [0.5, 0.6) is 0 Å². The molecule has 0 saturated heterocycles. The van der Waals surface area contributed by atoms with Gasteiger partial charge in [0.15, 0.2) is 0 Å². The van der Waals surface area contributed by atoms with Crippen LogP contribution in [0.3, 0.4) is 0 Å². The molecule has 1 radical (unpaired) electrons. The monoisotopic (exact) mass is 230 g/mol. The SMILES string of the molecule is [Ag].[O-][As]([O-])[O-]. The second-order valence-corrected chi connectivity index (χ2v) is 1.16. The minimum absolute atomic E-state index is 0. The molecule has 0 aromatic rings. The Bertz CT molecular complexity index is 11.6. The second-order valence-electron chi connectivity index (χ2n) is 0.224. The fraction of sp³-hybridized carbons (Fsp3) is 0. The molecule has 0 unspecified atom stereocenters. The Labute approximate surface area is 50.5 Å². The van der Waals surface area contributed by atoms with Gasteiger partial charge < -0.3 is 0 Å². The van der Waals surface area contributed by atoms with Gasteiger partial charge in [-0.05, 0) is 0 Å². The van der Waals surface area contributed by atoms with E-state index in [0.29, 0.717) is 0 Å². The minimum atomic E-state index is -3.94. The first-order chi connectivity index (χ1) is 1.73. The maximum absolute atomic E-state index is 8.56. The van der Waals surface area contributed by atoms with Crippen LogP contribution in [0, 0.1) is 0 Å². The van der Waals surface area contributed by atoms with E-state index in [-0.39, 0.29) is 22.4 Å². The first-order valence-corrected chi connectivity index (χ1v) is 2.85. The van der Waals surface area contributed by atoms with E-state index in [0.717, 1.165) is 0 Å². The van der Waals surface area contributed by atoms with Crippen LogP contribution < -0.4 is 12.3 Å². The molecule has 0 atom stereocenters. The van der Waals surface area contributed by atoms with Gasteiger partial charge in [0, 0.05) is 22.4 Å². The normalized spacial score (nSPS) is 7.20. The third kappa shape index (κ3) is 37.7. The Morgan fingerprint density at radius 2 is 1.00 bits per heavy atom. The first kappa shape index (κ1) is 9.49. The van der Waals surface area contributed by atoms with Crippen molar-refractivity contribution in [3.05, 3.63) is 0 Å². The van der Waals surface area contributed by atoms with Crippen LogP contribution in [0.4, 0.5) is 0 Å². The van der Waals surface area contributed by atoms with E-state index >= 15 is 0 Å². The van der Waals surface area contributed by atoms with Crippen molar-refractivity contribution >= 4 is 15.7 Å². The molecule has 5 heteroatoms. The summed E-state index contributed by atoms with van der Waals surface area (Å²) in [5.41, 5.74) is 0. The molecule has 0 aliphatic rings. The number of hydrogen-bond donors (Lipinski definition) is 0. The maximum atomic E-state index is 8.56. The van der Waals surface area contributed by atoms with Crippen molar-refractivity contribution in [2.75, 3.05) is 0 Å². The van der Waals surface area contributed by atoms with E-state index in [1.807, 2.05) is 0 Å². The molecule has 5 heavy (non-hydrogen) atoms. The van der Waals surface area contributed by atoms with E-state index in [1.54, 1.807) is 0 Å². The van der Waals surface area contributed by atoms with Crippen LogP contribution in [0.15, 0.2) is 0 Å². The molecule has 0 aromatic carbocycles. The molecule has 0 heterocycles. The van der Waals surface area contributed by atoms with Crippen molar-refractivity contribution < 1.29 is 34.7 Å². The standard InChI is InChI=1S/Ag.AsO3/c;2-1(3)4/q;-3. The second kappa shape index (κ2) is 5.18. The van der Waals surface area contributed by atoms with E-state index < -0.39 is 15.7 Å². The summed E-state index contributed by atoms with van der Waals surface area (Å²) in [5, 5.41) is 0. The zero-order valence-electron chi connectivity index (χ0n) is 1.97. The van der Waals surface area contributed by atoms with Crippen LogP contribution in [0.2, 0.25) is 0 Å². The summed E-state index contributed by atoms with van der Waals surface area (Å²) in [4.78, 5) is 0. The van der Waals surface area contributed by atoms with Gasteiger partial charge in [-0.3, -0.25) is 0 Å². The zero-order chi connectivity index (χ0) is 3.58. The Morgan fingerprint density at radius 3 is 1.00 bits per heavy atom. The van der Waals surface area contributed by atoms with Gasteiger partial charge in [-0.1, -0.05) is 0 Å². The van der Waals surface area contributed by atoms with E-state index in [2.05, 4.69) is 0 Å². The molecule has 0 saturated carbocycles. The van der Waals surface area contributed by atoms with Crippen molar-refractivity contribution in [2.45, 2.75) is 0 Å². The van der Waals surface area contributed by atoms with Gasteiger partial charge in [0.25, 0.3) is 0 Å². The molecular weight excluding hydrogens is 231 g/mol. The summed E-state index contributed by atoms with van der Waals surface area (Å²) in [6.07, 6.45) is 0. The van der Waals surface area contributed by atoms with E-state index in [9.17, 15) is 0 Å². The number of rotatable bonds is 0. The van der Waals surface area contributed by atoms with Crippen molar-refractivity contribution in [3.8, 4) is 0 Å². The quantitative estimate of drug-likeness (QED) is 0.399. The van der Waals surface area contributed by atoms with E-state index in [4.69, 9.17) is 12.3 Å². The molecule has 0 amide bonds. The van der Waals surface area contributed by atoms with Crippen LogP contribution >= 0.6 is 0 Å². The molecule has 0 fully saturated rings. The van der Waals surface area contributed by atoms with Crippen LogP contribution in [0.25, 0.3) is 0 Å². The Kier molecular flexibility index (Phi) is 9.83. The molecule has 0 aliphatic carbocycles. The third-order valence-corrected chi connectivity index (χ3v) is 0. The fourth-order valence-corrected chi connectivity index (χ4v) is 0. The van der Waals surface area contributed by atoms with Gasteiger partial charge in [0.2, 0.25) is 0 Å². The number of hydrogen-bond acceptors (Lipinski definition) is 3. The van der Waals surface area contributed by atoms with Crippen molar-refractivity contribution in [3.63, 3.8) is 0 Å². The van der Waals surface area contributed by atoms with Gasteiger partial charge in [0.1, 0.15) is 0 Å². The third-order valence-electron chi connectivity index (χ3n) is 0. The van der Waals surface area contributed by atoms with Gasteiger partial charge in [0.05, 0.1) is 0 Å². The van der Waals surface area contributed by atoms with Crippen LogP contribution in [-0.2, 0) is 22.4 Å². The summed E-state index contributed by atoms with van der Waals surface area (Å²) in [6.45, 7) is 0. The molecule has 0 aromatic heterocycles. The predicted molar refractivity (Wildman–Crippen MR) is 5.75 cm³/mol. The molecule has 0 bridgehead atoms.